The van der Waals surface area contributed by atoms with E-state index < -0.39 is 5.60 Å². The van der Waals surface area contributed by atoms with E-state index in [0.717, 1.165) is 12.0 Å². The smallest absolute Gasteiger partial charge is 0.0953 e. The number of hydrogen-bond donors (Lipinski definition) is 1. The van der Waals surface area contributed by atoms with E-state index in [1.54, 1.807) is 11.3 Å². The van der Waals surface area contributed by atoms with Crippen molar-refractivity contribution in [3.05, 3.63) is 21.9 Å². The van der Waals surface area contributed by atoms with Crippen LogP contribution in [0.25, 0.3) is 0 Å². The lowest BCUT2D eigenvalue weighted by molar-refractivity contribution is -0.121. The second-order valence-corrected chi connectivity index (χ2v) is 6.15. The highest BCUT2D eigenvalue weighted by atomic mass is 32.1. The molecule has 2 unspecified atom stereocenters. The molecule has 0 saturated carbocycles. The average molecular weight is 240 g/mol. The van der Waals surface area contributed by atoms with Gasteiger partial charge in [-0.1, -0.05) is 13.8 Å². The molecule has 2 heterocycles. The Bertz CT molecular complexity index is 359. The molecule has 2 nitrogen and oxygen atoms in total. The molecule has 1 aliphatic rings. The van der Waals surface area contributed by atoms with Crippen LogP contribution in [0.2, 0.25) is 0 Å². The summed E-state index contributed by atoms with van der Waals surface area (Å²) < 4.78 is 5.72. The quantitative estimate of drug-likeness (QED) is 0.861. The first-order valence-corrected chi connectivity index (χ1v) is 6.79. The molecule has 1 saturated heterocycles. The predicted octanol–water partition coefficient (Wildman–Crippen LogP) is 3.08. The molecule has 0 aromatic carbocycles. The van der Waals surface area contributed by atoms with Crippen molar-refractivity contribution in [3.63, 3.8) is 0 Å². The van der Waals surface area contributed by atoms with Crippen LogP contribution in [-0.2, 0) is 10.3 Å². The van der Waals surface area contributed by atoms with Crippen LogP contribution < -0.4 is 0 Å². The molecule has 2 rings (SSSR count). The van der Waals surface area contributed by atoms with E-state index in [1.807, 2.05) is 0 Å². The van der Waals surface area contributed by atoms with Crippen molar-refractivity contribution >= 4 is 11.3 Å². The fraction of sp³-hybridized carbons (Fsp3) is 0.692. The Morgan fingerprint density at radius 1 is 1.56 bits per heavy atom. The van der Waals surface area contributed by atoms with Gasteiger partial charge in [0.2, 0.25) is 0 Å². The number of hydrogen-bond acceptors (Lipinski definition) is 3. The molecule has 3 heteroatoms. The fourth-order valence-electron chi connectivity index (χ4n) is 2.41. The van der Waals surface area contributed by atoms with E-state index in [4.69, 9.17) is 4.74 Å². The van der Waals surface area contributed by atoms with Gasteiger partial charge in [-0.3, -0.25) is 0 Å². The van der Waals surface area contributed by atoms with Gasteiger partial charge < -0.3 is 9.84 Å². The molecule has 1 aromatic heterocycles. The summed E-state index contributed by atoms with van der Waals surface area (Å²) in [5.74, 6) is 0.464. The van der Waals surface area contributed by atoms with Gasteiger partial charge in [0.25, 0.3) is 0 Å². The van der Waals surface area contributed by atoms with Gasteiger partial charge >= 0.3 is 0 Å². The zero-order valence-electron chi connectivity index (χ0n) is 10.2. The molecular weight excluding hydrogens is 220 g/mol. The molecule has 1 fully saturated rings. The first-order chi connectivity index (χ1) is 7.53. The Kier molecular flexibility index (Phi) is 3.38. The summed E-state index contributed by atoms with van der Waals surface area (Å²) in [7, 11) is 0. The molecule has 0 aliphatic carbocycles. The van der Waals surface area contributed by atoms with Gasteiger partial charge in [-0.25, -0.2) is 0 Å². The normalized spacial score (nSPS) is 30.9. The van der Waals surface area contributed by atoms with Gasteiger partial charge in [0.05, 0.1) is 18.3 Å². The number of rotatable bonds is 2. The Hall–Kier alpha value is -0.380. The molecule has 16 heavy (non-hydrogen) atoms. The van der Waals surface area contributed by atoms with Crippen LogP contribution in [0.1, 0.15) is 37.1 Å². The molecule has 0 spiro atoms. The van der Waals surface area contributed by atoms with Gasteiger partial charge in [0.15, 0.2) is 0 Å². The maximum atomic E-state index is 10.8. The van der Waals surface area contributed by atoms with Crippen LogP contribution in [0, 0.1) is 12.8 Å². The SMILES string of the molecule is Cc1sccc1C1(O)CCOC(C(C)C)C1. The first-order valence-electron chi connectivity index (χ1n) is 5.91. The molecule has 1 N–H and O–H groups in total. The van der Waals surface area contributed by atoms with Crippen molar-refractivity contribution in [2.75, 3.05) is 6.61 Å². The average Bonchev–Trinajstić information content (AvgIpc) is 2.65. The molecule has 0 amide bonds. The van der Waals surface area contributed by atoms with Crippen molar-refractivity contribution in [2.45, 2.75) is 45.3 Å². The minimum absolute atomic E-state index is 0.179. The van der Waals surface area contributed by atoms with Crippen molar-refractivity contribution in [3.8, 4) is 0 Å². The Morgan fingerprint density at radius 2 is 2.31 bits per heavy atom. The zero-order valence-corrected chi connectivity index (χ0v) is 11.0. The number of thiophene rings is 1. The third kappa shape index (κ3) is 2.17. The van der Waals surface area contributed by atoms with Crippen molar-refractivity contribution in [1.82, 2.24) is 0 Å². The van der Waals surface area contributed by atoms with E-state index in [2.05, 4.69) is 32.2 Å². The fourth-order valence-corrected chi connectivity index (χ4v) is 3.21. The molecule has 1 aromatic rings. The van der Waals surface area contributed by atoms with E-state index in [0.29, 0.717) is 18.9 Å². The van der Waals surface area contributed by atoms with E-state index in [-0.39, 0.29) is 6.10 Å². The number of aryl methyl sites for hydroxylation is 1. The number of aliphatic hydroxyl groups is 1. The lowest BCUT2D eigenvalue weighted by atomic mass is 9.81. The topological polar surface area (TPSA) is 29.5 Å². The van der Waals surface area contributed by atoms with Gasteiger partial charge in [0, 0.05) is 17.7 Å². The molecule has 0 bridgehead atoms. The van der Waals surface area contributed by atoms with Gasteiger partial charge in [0.1, 0.15) is 0 Å². The van der Waals surface area contributed by atoms with Gasteiger partial charge in [-0.2, -0.15) is 0 Å². The summed E-state index contributed by atoms with van der Waals surface area (Å²) >= 11 is 1.71. The highest BCUT2D eigenvalue weighted by Gasteiger charge is 2.38. The van der Waals surface area contributed by atoms with Crippen LogP contribution in [0.15, 0.2) is 11.4 Å². The first kappa shape index (κ1) is 12.1. The third-order valence-corrected chi connectivity index (χ3v) is 4.34. The standard InChI is InChI=1S/C13H20O2S/c1-9(2)12-8-13(14,5-6-15-12)11-4-7-16-10(11)3/h4,7,9,12,14H,5-6,8H2,1-3H3. The molecular formula is C13H20O2S. The van der Waals surface area contributed by atoms with Crippen LogP contribution >= 0.6 is 11.3 Å². The maximum absolute atomic E-state index is 10.8. The second kappa shape index (κ2) is 4.47. The van der Waals surface area contributed by atoms with Crippen LogP contribution in [0.4, 0.5) is 0 Å². The predicted molar refractivity (Wildman–Crippen MR) is 66.8 cm³/mol. The number of ether oxygens (including phenoxy) is 1. The Balaban J connectivity index is 2.22. The van der Waals surface area contributed by atoms with Crippen molar-refractivity contribution in [1.29, 1.82) is 0 Å². The lowest BCUT2D eigenvalue weighted by Gasteiger charge is -2.38. The summed E-state index contributed by atoms with van der Waals surface area (Å²) in [6.07, 6.45) is 1.62. The van der Waals surface area contributed by atoms with E-state index >= 15 is 0 Å². The lowest BCUT2D eigenvalue weighted by Crippen LogP contribution is -2.40. The zero-order chi connectivity index (χ0) is 11.8. The Morgan fingerprint density at radius 3 is 2.88 bits per heavy atom. The van der Waals surface area contributed by atoms with Gasteiger partial charge in [-0.15, -0.1) is 11.3 Å². The van der Waals surface area contributed by atoms with Crippen LogP contribution in [0.5, 0.6) is 0 Å². The highest BCUT2D eigenvalue weighted by molar-refractivity contribution is 7.10. The summed E-state index contributed by atoms with van der Waals surface area (Å²) in [5, 5.41) is 12.8. The van der Waals surface area contributed by atoms with E-state index in [1.165, 1.54) is 4.88 Å². The minimum atomic E-state index is -0.669. The summed E-state index contributed by atoms with van der Waals surface area (Å²) in [5.41, 5.74) is 0.434. The molecule has 2 atom stereocenters. The third-order valence-electron chi connectivity index (χ3n) is 3.49. The highest BCUT2D eigenvalue weighted by Crippen LogP contribution is 2.39. The van der Waals surface area contributed by atoms with Crippen LogP contribution in [0.3, 0.4) is 0 Å². The summed E-state index contributed by atoms with van der Waals surface area (Å²) in [4.78, 5) is 1.23. The summed E-state index contributed by atoms with van der Waals surface area (Å²) in [6, 6.07) is 2.06. The molecule has 0 radical (unpaired) electrons. The maximum Gasteiger partial charge on any atom is 0.0953 e. The Labute approximate surface area is 101 Å². The van der Waals surface area contributed by atoms with Crippen LogP contribution in [-0.4, -0.2) is 17.8 Å². The van der Waals surface area contributed by atoms with E-state index in [9.17, 15) is 5.11 Å². The second-order valence-electron chi connectivity index (χ2n) is 5.03. The van der Waals surface area contributed by atoms with Gasteiger partial charge in [-0.05, 0) is 29.9 Å². The molecule has 1 aliphatic heterocycles. The minimum Gasteiger partial charge on any atom is -0.385 e. The largest absolute Gasteiger partial charge is 0.385 e. The monoisotopic (exact) mass is 240 g/mol. The van der Waals surface area contributed by atoms with Crippen molar-refractivity contribution in [2.24, 2.45) is 5.92 Å². The summed E-state index contributed by atoms with van der Waals surface area (Å²) in [6.45, 7) is 7.04. The van der Waals surface area contributed by atoms with Crippen molar-refractivity contribution < 1.29 is 9.84 Å². The molecule has 90 valence electrons.